The highest BCUT2D eigenvalue weighted by Gasteiger charge is 2.14. The van der Waals surface area contributed by atoms with Crippen LogP contribution < -0.4 is 15.8 Å². The van der Waals surface area contributed by atoms with Crippen molar-refractivity contribution in [2.45, 2.75) is 19.4 Å². The zero-order chi connectivity index (χ0) is 20.8. The molecule has 0 saturated carbocycles. The Labute approximate surface area is 171 Å². The zero-order valence-corrected chi connectivity index (χ0v) is 17.2. The fraction of sp³-hybridized carbons (Fsp3) is 0.364. The fourth-order valence-electron chi connectivity index (χ4n) is 2.83. The van der Waals surface area contributed by atoms with Gasteiger partial charge in [-0.25, -0.2) is 9.97 Å². The first-order valence-corrected chi connectivity index (χ1v) is 9.85. The number of nitrogens with two attached hydrogens (primary N) is 1. The van der Waals surface area contributed by atoms with Crippen LogP contribution in [0.1, 0.15) is 13.3 Å². The molecule has 0 radical (unpaired) electrons. The summed E-state index contributed by atoms with van der Waals surface area (Å²) in [5, 5.41) is 14.7. The number of fused-ring (bicyclic) bond motifs is 1. The molecule has 0 unspecified atom stereocenters. The second-order valence-corrected chi connectivity index (χ2v) is 7.29. The third-order valence-corrected chi connectivity index (χ3v) is 4.68. The minimum atomic E-state index is 0.0361. The third-order valence-electron chi connectivity index (χ3n) is 4.68. The van der Waals surface area contributed by atoms with Gasteiger partial charge in [-0.15, -0.1) is 0 Å². The third kappa shape index (κ3) is 5.34. The van der Waals surface area contributed by atoms with E-state index in [4.69, 9.17) is 10.5 Å². The van der Waals surface area contributed by atoms with Gasteiger partial charge < -0.3 is 25.8 Å². The van der Waals surface area contributed by atoms with Crippen LogP contribution in [0.15, 0.2) is 42.5 Å². The van der Waals surface area contributed by atoms with Crippen molar-refractivity contribution in [3.63, 3.8) is 0 Å². The van der Waals surface area contributed by atoms with Crippen molar-refractivity contribution in [3.05, 3.63) is 42.5 Å². The maximum Gasteiger partial charge on any atom is 0.166 e. The fourth-order valence-corrected chi connectivity index (χ4v) is 2.83. The number of anilines is 1. The average Bonchev–Trinajstić information content (AvgIpc) is 2.72. The van der Waals surface area contributed by atoms with E-state index in [2.05, 4.69) is 22.2 Å². The van der Waals surface area contributed by atoms with Crippen LogP contribution >= 0.6 is 0 Å². The molecule has 0 bridgehead atoms. The standard InChI is InChI=1S/C22H29N5O2/c1-4-15(23)14-24-21-17-7-5-6-8-19(17)25-22(26-21)18-13-16(9-10-20(18)28)29-12-11-27(2)3/h5-10,13,15,28H,4,11-12,14,23H2,1-3H3,(H,24,25,26)/t15-/m1/s1. The number of nitrogens with zero attached hydrogens (tertiary/aromatic N) is 3. The number of nitrogens with one attached hydrogen (secondary N) is 1. The van der Waals surface area contributed by atoms with Gasteiger partial charge >= 0.3 is 0 Å². The highest BCUT2D eigenvalue weighted by molar-refractivity contribution is 5.91. The lowest BCUT2D eigenvalue weighted by atomic mass is 10.1. The summed E-state index contributed by atoms with van der Waals surface area (Å²) >= 11 is 0. The molecule has 0 saturated heterocycles. The molecular formula is C22H29N5O2. The van der Waals surface area contributed by atoms with Crippen LogP contribution in [0, 0.1) is 0 Å². The Kier molecular flexibility index (Phi) is 6.85. The van der Waals surface area contributed by atoms with Crippen molar-refractivity contribution in [1.82, 2.24) is 14.9 Å². The first-order chi connectivity index (χ1) is 14.0. The second kappa shape index (κ2) is 9.54. The highest BCUT2D eigenvalue weighted by atomic mass is 16.5. The van der Waals surface area contributed by atoms with Crippen molar-refractivity contribution in [2.75, 3.05) is 39.1 Å². The van der Waals surface area contributed by atoms with E-state index in [9.17, 15) is 5.11 Å². The molecule has 3 rings (SSSR count). The number of hydrogen-bond acceptors (Lipinski definition) is 7. The van der Waals surface area contributed by atoms with Gasteiger partial charge in [-0.05, 0) is 50.8 Å². The molecule has 7 heteroatoms. The monoisotopic (exact) mass is 395 g/mol. The molecule has 0 amide bonds. The molecule has 4 N–H and O–H groups in total. The van der Waals surface area contributed by atoms with Gasteiger partial charge in [-0.3, -0.25) is 0 Å². The number of para-hydroxylation sites is 1. The van der Waals surface area contributed by atoms with E-state index in [0.29, 0.717) is 36.1 Å². The molecule has 0 aliphatic carbocycles. The number of likely N-dealkylation sites (N-methyl/N-ethyl adjacent to an activating group) is 1. The summed E-state index contributed by atoms with van der Waals surface area (Å²) in [6, 6.07) is 13.0. The predicted molar refractivity (Wildman–Crippen MR) is 117 cm³/mol. The zero-order valence-electron chi connectivity index (χ0n) is 17.2. The van der Waals surface area contributed by atoms with E-state index in [-0.39, 0.29) is 11.8 Å². The summed E-state index contributed by atoms with van der Waals surface area (Å²) in [4.78, 5) is 11.4. The molecule has 3 aromatic rings. The van der Waals surface area contributed by atoms with Crippen LogP contribution in [-0.4, -0.2) is 59.8 Å². The number of rotatable bonds is 9. The smallest absolute Gasteiger partial charge is 0.166 e. The van der Waals surface area contributed by atoms with Crippen LogP contribution in [0.25, 0.3) is 22.3 Å². The highest BCUT2D eigenvalue weighted by Crippen LogP contribution is 2.33. The second-order valence-electron chi connectivity index (χ2n) is 7.29. The molecule has 0 aliphatic rings. The van der Waals surface area contributed by atoms with E-state index in [1.165, 1.54) is 0 Å². The minimum absolute atomic E-state index is 0.0361. The lowest BCUT2D eigenvalue weighted by molar-refractivity contribution is 0.261. The number of aromatic hydroxyl groups is 1. The molecule has 0 spiro atoms. The summed E-state index contributed by atoms with van der Waals surface area (Å²) < 4.78 is 5.80. The van der Waals surface area contributed by atoms with Gasteiger partial charge in [0.1, 0.15) is 23.9 Å². The Morgan fingerprint density at radius 2 is 1.97 bits per heavy atom. The quantitative estimate of drug-likeness (QED) is 0.512. The Balaban J connectivity index is 1.96. The Hall–Kier alpha value is -2.90. The normalized spacial score (nSPS) is 12.3. The first-order valence-electron chi connectivity index (χ1n) is 9.85. The molecule has 7 nitrogen and oxygen atoms in total. The number of phenolic OH excluding ortho intramolecular Hbond substituents is 1. The Bertz CT molecular complexity index is 961. The number of aromatic nitrogens is 2. The molecule has 0 aliphatic heterocycles. The molecule has 2 aromatic carbocycles. The van der Waals surface area contributed by atoms with Crippen molar-refractivity contribution in [2.24, 2.45) is 5.73 Å². The molecule has 0 fully saturated rings. The van der Waals surface area contributed by atoms with Crippen molar-refractivity contribution in [1.29, 1.82) is 0 Å². The van der Waals surface area contributed by atoms with Crippen molar-refractivity contribution < 1.29 is 9.84 Å². The molecular weight excluding hydrogens is 366 g/mol. The van der Waals surface area contributed by atoms with Crippen LogP contribution in [0.2, 0.25) is 0 Å². The van der Waals surface area contributed by atoms with Crippen molar-refractivity contribution in [3.8, 4) is 22.9 Å². The van der Waals surface area contributed by atoms with Crippen LogP contribution in [0.4, 0.5) is 5.82 Å². The molecule has 154 valence electrons. The van der Waals surface area contributed by atoms with E-state index in [0.717, 1.165) is 23.9 Å². The topological polar surface area (TPSA) is 96.5 Å². The van der Waals surface area contributed by atoms with E-state index < -0.39 is 0 Å². The SMILES string of the molecule is CC[C@@H](N)CNc1nc(-c2cc(OCCN(C)C)ccc2O)nc2ccccc12. The van der Waals surface area contributed by atoms with Crippen LogP contribution in [0.5, 0.6) is 11.5 Å². The number of phenols is 1. The van der Waals surface area contributed by atoms with Gasteiger partial charge in [0.05, 0.1) is 11.1 Å². The van der Waals surface area contributed by atoms with Gasteiger partial charge in [0.15, 0.2) is 5.82 Å². The van der Waals surface area contributed by atoms with Gasteiger partial charge in [0, 0.05) is 24.5 Å². The maximum absolute atomic E-state index is 10.4. The van der Waals surface area contributed by atoms with Gasteiger partial charge in [-0.1, -0.05) is 19.1 Å². The number of ether oxygens (including phenoxy) is 1. The molecule has 1 atom stereocenters. The number of benzene rings is 2. The van der Waals surface area contributed by atoms with Gasteiger partial charge in [-0.2, -0.15) is 0 Å². The largest absolute Gasteiger partial charge is 0.507 e. The van der Waals surface area contributed by atoms with Gasteiger partial charge in [0.25, 0.3) is 0 Å². The summed E-state index contributed by atoms with van der Waals surface area (Å²) in [6.45, 7) is 4.01. The summed E-state index contributed by atoms with van der Waals surface area (Å²) in [5.74, 6) is 1.91. The molecule has 29 heavy (non-hydrogen) atoms. The number of hydrogen-bond donors (Lipinski definition) is 3. The lowest BCUT2D eigenvalue weighted by Crippen LogP contribution is -2.28. The average molecular weight is 396 g/mol. The van der Waals surface area contributed by atoms with E-state index >= 15 is 0 Å². The summed E-state index contributed by atoms with van der Waals surface area (Å²) in [5.41, 5.74) is 7.38. The lowest BCUT2D eigenvalue weighted by Gasteiger charge is -2.15. The minimum Gasteiger partial charge on any atom is -0.507 e. The maximum atomic E-state index is 10.4. The van der Waals surface area contributed by atoms with Crippen LogP contribution in [-0.2, 0) is 0 Å². The molecule has 1 aromatic heterocycles. The Morgan fingerprint density at radius 3 is 2.72 bits per heavy atom. The van der Waals surface area contributed by atoms with Crippen LogP contribution in [0.3, 0.4) is 0 Å². The summed E-state index contributed by atoms with van der Waals surface area (Å²) in [6.07, 6.45) is 0.871. The Morgan fingerprint density at radius 1 is 1.17 bits per heavy atom. The van der Waals surface area contributed by atoms with Crippen molar-refractivity contribution >= 4 is 16.7 Å². The van der Waals surface area contributed by atoms with Gasteiger partial charge in [0.2, 0.25) is 0 Å². The summed E-state index contributed by atoms with van der Waals surface area (Å²) in [7, 11) is 3.99. The first kappa shape index (κ1) is 20.8. The van der Waals surface area contributed by atoms with E-state index in [1.54, 1.807) is 18.2 Å². The molecule has 1 heterocycles. The van der Waals surface area contributed by atoms with E-state index in [1.807, 2.05) is 43.3 Å². The predicted octanol–water partition coefficient (Wildman–Crippen LogP) is 3.09.